The van der Waals surface area contributed by atoms with Crippen LogP contribution in [0.2, 0.25) is 0 Å². The van der Waals surface area contributed by atoms with Crippen molar-refractivity contribution in [3.05, 3.63) is 60.2 Å². The van der Waals surface area contributed by atoms with Crippen LogP contribution in [0.4, 0.5) is 4.79 Å². The van der Waals surface area contributed by atoms with Gasteiger partial charge in [0.05, 0.1) is 0 Å². The van der Waals surface area contributed by atoms with Crippen LogP contribution < -0.4 is 16.0 Å². The summed E-state index contributed by atoms with van der Waals surface area (Å²) in [6.07, 6.45) is 6.70. The second kappa shape index (κ2) is 13.2. The van der Waals surface area contributed by atoms with Crippen molar-refractivity contribution >= 4 is 6.03 Å². The zero-order valence-corrected chi connectivity index (χ0v) is 16.6. The molecule has 1 aromatic rings. The molecule has 0 bridgehead atoms. The van der Waals surface area contributed by atoms with Crippen molar-refractivity contribution in [3.8, 4) is 0 Å². The first kappa shape index (κ1) is 21.2. The highest BCUT2D eigenvalue weighted by Crippen LogP contribution is 2.18. The van der Waals surface area contributed by atoms with Gasteiger partial charge in [-0.1, -0.05) is 74.4 Å². The Morgan fingerprint density at radius 1 is 1.11 bits per heavy atom. The van der Waals surface area contributed by atoms with E-state index in [1.54, 1.807) is 0 Å². The number of hydrogen-bond donors (Lipinski definition) is 3. The van der Waals surface area contributed by atoms with Crippen molar-refractivity contribution in [2.75, 3.05) is 19.6 Å². The van der Waals surface area contributed by atoms with Gasteiger partial charge in [0.25, 0.3) is 0 Å². The fraction of sp³-hybridized carbons (Fsp3) is 0.522. The average molecular weight is 370 g/mol. The van der Waals surface area contributed by atoms with Gasteiger partial charge in [-0.25, -0.2) is 4.79 Å². The van der Waals surface area contributed by atoms with E-state index >= 15 is 0 Å². The van der Waals surface area contributed by atoms with Gasteiger partial charge >= 0.3 is 6.03 Å². The monoisotopic (exact) mass is 369 g/mol. The highest BCUT2D eigenvalue weighted by molar-refractivity contribution is 5.74. The third-order valence-electron chi connectivity index (χ3n) is 4.98. The summed E-state index contributed by atoms with van der Waals surface area (Å²) >= 11 is 0. The van der Waals surface area contributed by atoms with E-state index in [9.17, 15) is 4.79 Å². The first-order valence-electron chi connectivity index (χ1n) is 10.4. The molecule has 0 aliphatic carbocycles. The lowest BCUT2D eigenvalue weighted by Crippen LogP contribution is -2.43. The molecule has 3 N–H and O–H groups in total. The van der Waals surface area contributed by atoms with Crippen LogP contribution in [-0.4, -0.2) is 31.7 Å². The quantitative estimate of drug-likeness (QED) is 0.571. The molecular formula is C23H35N3O. The fourth-order valence-electron chi connectivity index (χ4n) is 3.57. The van der Waals surface area contributed by atoms with Crippen molar-refractivity contribution in [1.82, 2.24) is 16.0 Å². The second-order valence-electron chi connectivity index (χ2n) is 7.35. The number of carbonyl (C=O) groups excluding carboxylic acids is 1. The molecule has 1 aliphatic heterocycles. The third kappa shape index (κ3) is 9.43. The summed E-state index contributed by atoms with van der Waals surface area (Å²) in [5.74, 6) is 0.658. The molecule has 1 aromatic carbocycles. The van der Waals surface area contributed by atoms with Crippen LogP contribution in [-0.2, 0) is 6.42 Å². The lowest BCUT2D eigenvalue weighted by molar-refractivity contribution is 0.237. The molecule has 148 valence electrons. The Morgan fingerprint density at radius 2 is 1.81 bits per heavy atom. The molecule has 1 unspecified atom stereocenters. The van der Waals surface area contributed by atoms with Gasteiger partial charge in [0.2, 0.25) is 0 Å². The van der Waals surface area contributed by atoms with Crippen molar-refractivity contribution < 1.29 is 4.79 Å². The van der Waals surface area contributed by atoms with E-state index in [0.717, 1.165) is 45.3 Å². The Kier molecular flexibility index (Phi) is 10.3. The maximum atomic E-state index is 11.9. The summed E-state index contributed by atoms with van der Waals surface area (Å²) < 4.78 is 0. The van der Waals surface area contributed by atoms with E-state index in [-0.39, 0.29) is 12.1 Å². The molecule has 1 aliphatic rings. The van der Waals surface area contributed by atoms with Gasteiger partial charge in [-0.2, -0.15) is 0 Å². The van der Waals surface area contributed by atoms with Gasteiger partial charge in [-0.05, 0) is 43.7 Å². The number of urea groups is 1. The molecule has 1 saturated heterocycles. The van der Waals surface area contributed by atoms with E-state index in [0.29, 0.717) is 5.92 Å². The summed E-state index contributed by atoms with van der Waals surface area (Å²) in [6, 6.07) is 19.2. The van der Waals surface area contributed by atoms with E-state index in [2.05, 4.69) is 59.3 Å². The number of rotatable bonds is 9. The van der Waals surface area contributed by atoms with Crippen LogP contribution in [0.1, 0.15) is 44.6 Å². The van der Waals surface area contributed by atoms with Gasteiger partial charge in [0, 0.05) is 19.1 Å². The Bertz CT molecular complexity index is 573. The number of nitrogens with one attached hydrogen (secondary N) is 3. The zero-order chi connectivity index (χ0) is 19.2. The summed E-state index contributed by atoms with van der Waals surface area (Å²) in [5, 5.41) is 9.30. The molecule has 0 saturated carbocycles. The van der Waals surface area contributed by atoms with Crippen LogP contribution >= 0.6 is 0 Å². The van der Waals surface area contributed by atoms with E-state index in [1.807, 2.05) is 18.2 Å². The predicted octanol–water partition coefficient (Wildman–Crippen LogP) is 4.21. The highest BCUT2D eigenvalue weighted by atomic mass is 16.2. The molecule has 2 rings (SSSR count). The van der Waals surface area contributed by atoms with Gasteiger partial charge < -0.3 is 16.0 Å². The van der Waals surface area contributed by atoms with Crippen LogP contribution in [0.5, 0.6) is 0 Å². The maximum absolute atomic E-state index is 11.9. The maximum Gasteiger partial charge on any atom is 0.315 e. The Labute approximate surface area is 164 Å². The van der Waals surface area contributed by atoms with E-state index < -0.39 is 0 Å². The predicted molar refractivity (Wildman–Crippen MR) is 113 cm³/mol. The first-order chi connectivity index (χ1) is 13.3. The van der Waals surface area contributed by atoms with Crippen molar-refractivity contribution in [1.29, 1.82) is 0 Å². The molecule has 27 heavy (non-hydrogen) atoms. The summed E-state index contributed by atoms with van der Waals surface area (Å²) in [7, 11) is 0. The average Bonchev–Trinajstić information content (AvgIpc) is 3.17. The topological polar surface area (TPSA) is 53.2 Å². The fourth-order valence-corrected chi connectivity index (χ4v) is 3.57. The van der Waals surface area contributed by atoms with Crippen molar-refractivity contribution in [3.63, 3.8) is 0 Å². The van der Waals surface area contributed by atoms with Gasteiger partial charge in [-0.3, -0.25) is 0 Å². The highest BCUT2D eigenvalue weighted by Gasteiger charge is 2.16. The molecule has 4 nitrogen and oxygen atoms in total. The van der Waals surface area contributed by atoms with Crippen LogP contribution in [0, 0.1) is 5.92 Å². The largest absolute Gasteiger partial charge is 0.338 e. The molecule has 0 spiro atoms. The third-order valence-corrected chi connectivity index (χ3v) is 4.98. The summed E-state index contributed by atoms with van der Waals surface area (Å²) in [6.45, 7) is 4.87. The summed E-state index contributed by atoms with van der Waals surface area (Å²) in [5.41, 5.74) is 1.36. The smallest absolute Gasteiger partial charge is 0.315 e. The Hall–Kier alpha value is -2.07. The Balaban J connectivity index is 1.77. The Morgan fingerprint density at radius 3 is 2.44 bits per heavy atom. The molecule has 2 amide bonds. The second-order valence-corrected chi connectivity index (χ2v) is 7.35. The minimum Gasteiger partial charge on any atom is -0.338 e. The minimum absolute atomic E-state index is 0.0290. The number of hydrogen-bond acceptors (Lipinski definition) is 2. The first-order valence-corrected chi connectivity index (χ1v) is 10.4. The van der Waals surface area contributed by atoms with Gasteiger partial charge in [-0.15, -0.1) is 0 Å². The van der Waals surface area contributed by atoms with Gasteiger partial charge in [0.15, 0.2) is 0 Å². The molecule has 2 atom stereocenters. The van der Waals surface area contributed by atoms with Crippen LogP contribution in [0.25, 0.3) is 0 Å². The normalized spacial score (nSPS) is 17.0. The lowest BCUT2D eigenvalue weighted by Gasteiger charge is -2.17. The van der Waals surface area contributed by atoms with Crippen LogP contribution in [0.15, 0.2) is 54.6 Å². The minimum atomic E-state index is -0.0290. The molecule has 4 heteroatoms. The van der Waals surface area contributed by atoms with Crippen molar-refractivity contribution in [2.45, 2.75) is 51.5 Å². The SMILES string of the molecule is CCCC(CCCNC(=O)N[C@@H]1CCNC1)Cc1ccccccccc1. The molecule has 0 aromatic heterocycles. The standard InChI is InChI=1S/C23H35N3O/c1-2-11-20(18-21-12-8-6-4-3-5-7-9-13-21)14-10-16-25-23(27)26-22-15-17-24-19-22/h3-9,12-13,20,22,24H,2,10-11,14-19H2,1H3,(H2,25,26,27)/t20?,22-/m1/s1. The van der Waals surface area contributed by atoms with E-state index in [4.69, 9.17) is 0 Å². The lowest BCUT2D eigenvalue weighted by atomic mass is 9.91. The van der Waals surface area contributed by atoms with Crippen molar-refractivity contribution in [2.24, 2.45) is 5.92 Å². The molecule has 1 heterocycles. The summed E-state index contributed by atoms with van der Waals surface area (Å²) in [4.78, 5) is 11.9. The number of amides is 2. The molecule has 1 fully saturated rings. The molecular weight excluding hydrogens is 334 g/mol. The zero-order valence-electron chi connectivity index (χ0n) is 16.6. The van der Waals surface area contributed by atoms with E-state index in [1.165, 1.54) is 18.4 Å². The van der Waals surface area contributed by atoms with Crippen LogP contribution in [0.3, 0.4) is 0 Å². The number of carbonyl (C=O) groups is 1. The van der Waals surface area contributed by atoms with Gasteiger partial charge in [0.1, 0.15) is 0 Å². The molecule has 0 radical (unpaired) electrons.